The van der Waals surface area contributed by atoms with Crippen LogP contribution in [-0.4, -0.2) is 36.9 Å². The average Bonchev–Trinajstić information content (AvgIpc) is 2.41. The van der Waals surface area contributed by atoms with Gasteiger partial charge in [-0.3, -0.25) is 0 Å². The molecule has 0 spiro atoms. The highest BCUT2D eigenvalue weighted by molar-refractivity contribution is 9.10. The standard InChI is InChI=1S/C14H18BrNO4S/c1-9-4-3-5-16(8-9)21(19,20)11-6-12(14(17)18)10(2)13(15)7-11/h6-7,9H,3-5,8H2,1-2H3,(H,17,18). The van der Waals surface area contributed by atoms with E-state index in [1.807, 2.05) is 6.92 Å². The van der Waals surface area contributed by atoms with Crippen molar-refractivity contribution >= 4 is 31.9 Å². The molecule has 0 radical (unpaired) electrons. The number of carbonyl (C=O) groups is 1. The second-order valence-corrected chi connectivity index (χ2v) is 8.29. The van der Waals surface area contributed by atoms with Gasteiger partial charge in [-0.1, -0.05) is 22.9 Å². The minimum atomic E-state index is -3.65. The summed E-state index contributed by atoms with van der Waals surface area (Å²) in [4.78, 5) is 11.3. The van der Waals surface area contributed by atoms with Crippen molar-refractivity contribution in [2.75, 3.05) is 13.1 Å². The summed E-state index contributed by atoms with van der Waals surface area (Å²) in [6, 6.07) is 2.73. The number of benzene rings is 1. The van der Waals surface area contributed by atoms with Gasteiger partial charge in [0.25, 0.3) is 0 Å². The number of hydrogen-bond acceptors (Lipinski definition) is 3. The summed E-state index contributed by atoms with van der Waals surface area (Å²) in [6.07, 6.45) is 1.85. The molecule has 1 aliphatic heterocycles. The number of carboxylic acids is 1. The Morgan fingerprint density at radius 2 is 2.10 bits per heavy atom. The maximum Gasteiger partial charge on any atom is 0.336 e. The van der Waals surface area contributed by atoms with Crippen molar-refractivity contribution in [2.24, 2.45) is 5.92 Å². The van der Waals surface area contributed by atoms with Gasteiger partial charge in [0.2, 0.25) is 10.0 Å². The van der Waals surface area contributed by atoms with Gasteiger partial charge in [0, 0.05) is 17.6 Å². The lowest BCUT2D eigenvalue weighted by molar-refractivity contribution is 0.0695. The fourth-order valence-electron chi connectivity index (χ4n) is 2.54. The molecule has 7 heteroatoms. The number of aromatic carboxylic acids is 1. The van der Waals surface area contributed by atoms with Crippen LogP contribution < -0.4 is 0 Å². The summed E-state index contributed by atoms with van der Waals surface area (Å²) in [5.41, 5.74) is 0.529. The molecule has 0 bridgehead atoms. The molecule has 1 aromatic rings. The highest BCUT2D eigenvalue weighted by Crippen LogP contribution is 2.29. The molecule has 0 amide bonds. The number of rotatable bonds is 3. The molecular weight excluding hydrogens is 358 g/mol. The maximum atomic E-state index is 12.7. The largest absolute Gasteiger partial charge is 0.478 e. The Kier molecular flexibility index (Phi) is 4.75. The molecule has 1 atom stereocenters. The van der Waals surface area contributed by atoms with E-state index < -0.39 is 16.0 Å². The lowest BCUT2D eigenvalue weighted by Gasteiger charge is -2.30. The van der Waals surface area contributed by atoms with Crippen molar-refractivity contribution in [3.63, 3.8) is 0 Å². The van der Waals surface area contributed by atoms with Crippen LogP contribution >= 0.6 is 15.9 Å². The quantitative estimate of drug-likeness (QED) is 0.880. The van der Waals surface area contributed by atoms with Crippen LogP contribution in [0.3, 0.4) is 0 Å². The molecule has 0 saturated carbocycles. The van der Waals surface area contributed by atoms with E-state index in [9.17, 15) is 18.3 Å². The van der Waals surface area contributed by atoms with Crippen LogP contribution in [0.1, 0.15) is 35.7 Å². The summed E-state index contributed by atoms with van der Waals surface area (Å²) in [5.74, 6) is -0.807. The third-order valence-electron chi connectivity index (χ3n) is 3.81. The Hall–Kier alpha value is -0.920. The molecule has 1 aromatic carbocycles. The van der Waals surface area contributed by atoms with Gasteiger partial charge in [0.05, 0.1) is 10.5 Å². The number of carboxylic acid groups (broad SMARTS) is 1. The summed E-state index contributed by atoms with van der Waals surface area (Å²) in [6.45, 7) is 4.64. The van der Waals surface area contributed by atoms with Crippen molar-refractivity contribution in [3.05, 3.63) is 27.7 Å². The lowest BCUT2D eigenvalue weighted by atomic mass is 10.0. The average molecular weight is 376 g/mol. The van der Waals surface area contributed by atoms with Crippen molar-refractivity contribution in [2.45, 2.75) is 31.6 Å². The van der Waals surface area contributed by atoms with Crippen LogP contribution in [0.5, 0.6) is 0 Å². The highest BCUT2D eigenvalue weighted by Gasteiger charge is 2.30. The van der Waals surface area contributed by atoms with E-state index in [1.165, 1.54) is 16.4 Å². The monoisotopic (exact) mass is 375 g/mol. The predicted octanol–water partition coefficient (Wildman–Crippen LogP) is 2.88. The molecule has 1 unspecified atom stereocenters. The van der Waals surface area contributed by atoms with Gasteiger partial charge in [-0.25, -0.2) is 13.2 Å². The molecule has 5 nitrogen and oxygen atoms in total. The predicted molar refractivity (Wildman–Crippen MR) is 83.0 cm³/mol. The first-order valence-corrected chi connectivity index (χ1v) is 9.00. The third kappa shape index (κ3) is 3.30. The second kappa shape index (κ2) is 6.06. The SMILES string of the molecule is Cc1c(Br)cc(S(=O)(=O)N2CCCC(C)C2)cc1C(=O)O. The molecule has 0 aromatic heterocycles. The third-order valence-corrected chi connectivity index (χ3v) is 6.47. The van der Waals surface area contributed by atoms with Gasteiger partial charge in [-0.2, -0.15) is 4.31 Å². The van der Waals surface area contributed by atoms with E-state index in [0.717, 1.165) is 12.8 Å². The van der Waals surface area contributed by atoms with Crippen LogP contribution in [0, 0.1) is 12.8 Å². The number of hydrogen-bond donors (Lipinski definition) is 1. The van der Waals surface area contributed by atoms with E-state index >= 15 is 0 Å². The molecule has 21 heavy (non-hydrogen) atoms. The van der Waals surface area contributed by atoms with Crippen molar-refractivity contribution in [1.29, 1.82) is 0 Å². The Morgan fingerprint density at radius 3 is 2.67 bits per heavy atom. The smallest absolute Gasteiger partial charge is 0.336 e. The van der Waals surface area contributed by atoms with Crippen LogP contribution in [-0.2, 0) is 10.0 Å². The van der Waals surface area contributed by atoms with E-state index in [0.29, 0.717) is 29.0 Å². The first kappa shape index (κ1) is 16.5. The van der Waals surface area contributed by atoms with E-state index in [4.69, 9.17) is 0 Å². The van der Waals surface area contributed by atoms with E-state index in [2.05, 4.69) is 15.9 Å². The minimum Gasteiger partial charge on any atom is -0.478 e. The minimum absolute atomic E-state index is 0.00741. The van der Waals surface area contributed by atoms with Crippen LogP contribution in [0.4, 0.5) is 0 Å². The Bertz CT molecular complexity index is 672. The molecule has 2 rings (SSSR count). The topological polar surface area (TPSA) is 74.7 Å². The Morgan fingerprint density at radius 1 is 1.43 bits per heavy atom. The molecule has 0 aliphatic carbocycles. The molecular formula is C14H18BrNO4S. The van der Waals surface area contributed by atoms with Crippen molar-refractivity contribution < 1.29 is 18.3 Å². The normalized spacial score (nSPS) is 20.4. The van der Waals surface area contributed by atoms with Crippen LogP contribution in [0.2, 0.25) is 0 Å². The number of nitrogens with zero attached hydrogens (tertiary/aromatic N) is 1. The fourth-order valence-corrected chi connectivity index (χ4v) is 4.80. The second-order valence-electron chi connectivity index (χ2n) is 5.49. The maximum absolute atomic E-state index is 12.7. The van der Waals surface area contributed by atoms with Gasteiger partial charge in [-0.15, -0.1) is 0 Å². The zero-order chi connectivity index (χ0) is 15.8. The zero-order valence-electron chi connectivity index (χ0n) is 12.0. The van der Waals surface area contributed by atoms with Gasteiger partial charge < -0.3 is 5.11 Å². The fraction of sp³-hybridized carbons (Fsp3) is 0.500. The number of piperidine rings is 1. The summed E-state index contributed by atoms with van der Waals surface area (Å²) < 4.78 is 27.3. The van der Waals surface area contributed by atoms with Gasteiger partial charge in [0.15, 0.2) is 0 Å². The molecule has 1 heterocycles. The Balaban J connectivity index is 2.47. The van der Waals surface area contributed by atoms with Crippen LogP contribution in [0.15, 0.2) is 21.5 Å². The van der Waals surface area contributed by atoms with Gasteiger partial charge >= 0.3 is 5.97 Å². The Labute approximate surface area is 133 Å². The molecule has 1 aliphatic rings. The zero-order valence-corrected chi connectivity index (χ0v) is 14.4. The molecule has 1 saturated heterocycles. The summed E-state index contributed by atoms with van der Waals surface area (Å²) in [5, 5.41) is 9.20. The van der Waals surface area contributed by atoms with E-state index in [-0.39, 0.29) is 10.5 Å². The van der Waals surface area contributed by atoms with E-state index in [1.54, 1.807) is 6.92 Å². The van der Waals surface area contributed by atoms with Crippen molar-refractivity contribution in [1.82, 2.24) is 4.31 Å². The number of halogens is 1. The molecule has 1 fully saturated rings. The first-order chi connectivity index (χ1) is 9.73. The lowest BCUT2D eigenvalue weighted by Crippen LogP contribution is -2.39. The summed E-state index contributed by atoms with van der Waals surface area (Å²) in [7, 11) is -3.65. The molecule has 1 N–H and O–H groups in total. The van der Waals surface area contributed by atoms with Gasteiger partial charge in [0.1, 0.15) is 0 Å². The summed E-state index contributed by atoms with van der Waals surface area (Å²) >= 11 is 3.25. The van der Waals surface area contributed by atoms with Gasteiger partial charge in [-0.05, 0) is 43.4 Å². The number of sulfonamides is 1. The van der Waals surface area contributed by atoms with Crippen LogP contribution in [0.25, 0.3) is 0 Å². The van der Waals surface area contributed by atoms with Crippen molar-refractivity contribution in [3.8, 4) is 0 Å². The first-order valence-electron chi connectivity index (χ1n) is 6.77. The molecule has 116 valence electrons. The highest BCUT2D eigenvalue weighted by atomic mass is 79.9.